The third kappa shape index (κ3) is 32.0. The molecule has 10 rings (SSSR count). The molecule has 0 radical (unpaired) electrons. The lowest BCUT2D eigenvalue weighted by Crippen LogP contribution is -2.45. The average molecular weight is 1920 g/mol. The number of fused-ring (bicyclic) bond motifs is 10. The number of unbranched alkanes of at least 4 members (excludes halogenated alkanes) is 2. The van der Waals surface area contributed by atoms with E-state index in [0.29, 0.717) is 130 Å². The fraction of sp³-hybridized carbons (Fsp3) is 0.459. The lowest BCUT2D eigenvalue weighted by molar-refractivity contribution is -0.144. The summed E-state index contributed by atoms with van der Waals surface area (Å²) in [5, 5.41) is 31.2. The zero-order valence-corrected chi connectivity index (χ0v) is 84.2. The molecule has 29 nitrogen and oxygen atoms in total. The second kappa shape index (κ2) is 50.6. The summed E-state index contributed by atoms with van der Waals surface area (Å²) in [6, 6.07) is 46.7. The molecule has 0 saturated carbocycles. The third-order valence-electron chi connectivity index (χ3n) is 24.4. The fourth-order valence-electron chi connectivity index (χ4n) is 16.8. The number of Topliss-reactive ketones (excluding diaryl/α,β-unsaturated/α-hetero) is 4. The summed E-state index contributed by atoms with van der Waals surface area (Å²) in [7, 11) is 3.04. The maximum absolute atomic E-state index is 15.2. The van der Waals surface area contributed by atoms with E-state index in [1.54, 1.807) is 146 Å². The maximum Gasteiger partial charge on any atom is 0.407 e. The number of hydrogen-bond donors (Lipinski definition) is 9. The summed E-state index contributed by atoms with van der Waals surface area (Å²) in [6.45, 7) is 30.4. The zero-order valence-electron chi connectivity index (χ0n) is 84.2. The highest BCUT2D eigenvalue weighted by atomic mass is 16.6. The predicted molar refractivity (Wildman–Crippen MR) is 541 cm³/mol. The quantitative estimate of drug-likeness (QED) is 0.0130. The number of hydrogen-bond acceptors (Lipinski definition) is 21. The molecule has 0 saturated heterocycles. The van der Waals surface area contributed by atoms with E-state index in [1.165, 1.54) is 41.9 Å². The Kier molecular flexibility index (Phi) is 40.0. The van der Waals surface area contributed by atoms with Crippen LogP contribution in [-0.4, -0.2) is 187 Å². The second-order valence-electron chi connectivity index (χ2n) is 40.3. The van der Waals surface area contributed by atoms with Gasteiger partial charge in [-0.2, -0.15) is 0 Å². The van der Waals surface area contributed by atoms with E-state index >= 15 is 4.79 Å². The van der Waals surface area contributed by atoms with Crippen LogP contribution in [0.5, 0.6) is 23.0 Å². The lowest BCUT2D eigenvalue weighted by atomic mass is 9.86. The summed E-state index contributed by atoms with van der Waals surface area (Å²) in [5.74, 6) is -8.21. The monoisotopic (exact) mass is 1920 g/mol. The molecule has 6 amide bonds. The molecule has 12 N–H and O–H groups in total. The van der Waals surface area contributed by atoms with Crippen LogP contribution >= 0.6 is 0 Å². The summed E-state index contributed by atoms with van der Waals surface area (Å²) >= 11 is 0. The highest BCUT2D eigenvalue weighted by molar-refractivity contribution is 6.02. The minimum Gasteiger partial charge on any atom is -0.493 e. The highest BCUT2D eigenvalue weighted by Gasteiger charge is 2.40. The normalized spacial score (nSPS) is 16.8. The first-order valence-corrected chi connectivity index (χ1v) is 48.4. The predicted octanol–water partition coefficient (Wildman–Crippen LogP) is 17.0. The largest absolute Gasteiger partial charge is 0.493 e. The number of nitrogens with zero attached hydrogens (tertiary/aromatic N) is 2. The van der Waals surface area contributed by atoms with E-state index < -0.39 is 118 Å². The number of carbonyl (C=O) groups is 12. The molecule has 0 spiro atoms. The van der Waals surface area contributed by atoms with E-state index in [4.69, 9.17) is 45.6 Å². The van der Waals surface area contributed by atoms with Crippen LogP contribution in [0.3, 0.4) is 0 Å². The number of carbonyl (C=O) groups excluding carboxylic acids is 10. The molecule has 0 aromatic heterocycles. The van der Waals surface area contributed by atoms with Crippen molar-refractivity contribution in [1.82, 2.24) is 31.1 Å². The van der Waals surface area contributed by atoms with Crippen molar-refractivity contribution in [2.75, 3.05) is 73.2 Å². The van der Waals surface area contributed by atoms with Gasteiger partial charge >= 0.3 is 24.1 Å². The fourth-order valence-corrected chi connectivity index (χ4v) is 16.8. The molecule has 29 heteroatoms. The number of aliphatic carboxylic acids is 2. The number of likely N-dealkylation sites (N-methyl/N-ethyl adjacent to an activating group) is 2. The minimum absolute atomic E-state index is 0.00719. The molecule has 8 bridgehead atoms. The molecule has 752 valence electrons. The van der Waals surface area contributed by atoms with E-state index in [2.05, 4.69) is 111 Å². The van der Waals surface area contributed by atoms with Crippen molar-refractivity contribution in [3.05, 3.63) is 214 Å². The number of nitrogens with one attached hydrogen (secondary N) is 4. The Hall–Kier alpha value is -13.1. The van der Waals surface area contributed by atoms with Crippen LogP contribution in [0.2, 0.25) is 0 Å². The van der Waals surface area contributed by atoms with E-state index in [0.717, 1.165) is 22.3 Å². The van der Waals surface area contributed by atoms with Crippen LogP contribution in [0.1, 0.15) is 241 Å². The van der Waals surface area contributed by atoms with Gasteiger partial charge in [0.1, 0.15) is 78.2 Å². The van der Waals surface area contributed by atoms with Crippen molar-refractivity contribution < 1.29 is 96.2 Å². The third-order valence-corrected chi connectivity index (χ3v) is 24.4. The van der Waals surface area contributed by atoms with Crippen LogP contribution in [0.25, 0.3) is 44.5 Å². The Labute approximate surface area is 823 Å². The molecule has 8 aromatic carbocycles. The average Bonchev–Trinajstić information content (AvgIpc) is 0.778. The molecule has 2 aliphatic heterocycles. The van der Waals surface area contributed by atoms with Gasteiger partial charge in [-0.3, -0.25) is 38.4 Å². The van der Waals surface area contributed by atoms with Gasteiger partial charge in [-0.25, -0.2) is 19.2 Å². The number of alkyl carbamates (subject to hydrolysis) is 2. The van der Waals surface area contributed by atoms with E-state index in [9.17, 15) is 63.0 Å². The first-order valence-electron chi connectivity index (χ1n) is 48.4. The number of benzene rings is 8. The summed E-state index contributed by atoms with van der Waals surface area (Å²) in [4.78, 5) is 168. The Bertz CT molecular complexity index is 5640. The van der Waals surface area contributed by atoms with Crippen molar-refractivity contribution >= 4 is 70.9 Å². The van der Waals surface area contributed by atoms with Gasteiger partial charge in [-0.1, -0.05) is 196 Å². The molecule has 140 heavy (non-hydrogen) atoms. The summed E-state index contributed by atoms with van der Waals surface area (Å²) in [6.07, 6.45) is 1.02. The second-order valence-corrected chi connectivity index (χ2v) is 40.3. The summed E-state index contributed by atoms with van der Waals surface area (Å²) in [5.41, 5.74) is 27.2. The van der Waals surface area contributed by atoms with Gasteiger partial charge in [0, 0.05) is 129 Å². The van der Waals surface area contributed by atoms with Crippen LogP contribution in [0, 0.1) is 23.7 Å². The Morgan fingerprint density at radius 3 is 1.09 bits per heavy atom. The first-order chi connectivity index (χ1) is 66.2. The number of amides is 6. The molecule has 2 aliphatic rings. The number of carboxylic acids is 2. The van der Waals surface area contributed by atoms with E-state index in [-0.39, 0.29) is 113 Å². The molecular formula is C111H143N9O20. The Morgan fingerprint density at radius 2 is 0.750 bits per heavy atom. The van der Waals surface area contributed by atoms with Gasteiger partial charge in [-0.15, -0.1) is 0 Å². The number of carboxylic acid groups (broad SMARTS) is 2. The van der Waals surface area contributed by atoms with Crippen molar-refractivity contribution in [3.63, 3.8) is 0 Å². The van der Waals surface area contributed by atoms with Gasteiger partial charge in [0.25, 0.3) is 0 Å². The zero-order chi connectivity index (χ0) is 103. The van der Waals surface area contributed by atoms with Gasteiger partial charge in [0.15, 0.2) is 23.1 Å². The number of nitrogens with two attached hydrogens (primary N) is 3. The summed E-state index contributed by atoms with van der Waals surface area (Å²) < 4.78 is 35.6. The SMILES string of the molecule is CCCOc1ccc2cc1-c1cc(ccc1OCCNC(=O)OC(C)(C)C)C[C@@H](C(=O)O)NC(=O)[C@H](C)CC(=O)[C@H]2N(C)C(=O)[C@H](CCCCNC(=O)OC(C)(C)C)CC(=O)c1ccc(-c2ccc(C(C)(C)C)cc2)cc1.C[C@@H]1CC(=O)[C@@H](N(C)C(=O)[C@H](CCCCN)CC(=O)c2ccc(-c3ccc(C(C)(C)C)cc3)cc2)c2ccc(OCCN)c(c2)-c2cc(ccc2OCCN)C[C@@H](C(=O)O)NC1=O. The molecule has 2 heterocycles. The van der Waals surface area contributed by atoms with Crippen LogP contribution in [0.15, 0.2) is 170 Å². The molecule has 0 aliphatic carbocycles. The van der Waals surface area contributed by atoms with E-state index in [1.807, 2.05) is 31.2 Å². The molecule has 0 fully saturated rings. The molecule has 8 atom stereocenters. The van der Waals surface area contributed by atoms with Gasteiger partial charge in [0.05, 0.1) is 13.2 Å². The van der Waals surface area contributed by atoms with Crippen LogP contribution in [0.4, 0.5) is 9.59 Å². The topological polar surface area (TPSA) is 433 Å². The Balaban J connectivity index is 0.000000319. The van der Waals surface area contributed by atoms with Gasteiger partial charge in [-0.05, 0) is 195 Å². The number of ether oxygens (including phenoxy) is 6. The number of ketones is 4. The standard InChI is InChI=1S/C61H80N4O12.C50H63N5O8/c1-13-31-74-52-28-24-43-36-47(52)46-34-39(17-27-51(46)75-32-30-63-58(73)77-61(9,10)11)35-48(56(70)71)64-54(68)38(2)33-50(67)53(43)65(12)55(69)44(16-14-15-29-62-57(72)76-60(6,7)8)37-49(66)42-20-18-40(19-21-42)41-22-25-45(26-23-41)59(3,4)5;1-31-26-43(57)46(36-16-20-45(63-25-23-53)40(29-36)39-27-32(9-19-44(39)62-24-22-52)28-41(49(60)61)54-47(31)58)55(5)48(59)37(8-6-7-21-51)30-42(56)35-12-10-33(11-13-35)34-14-17-38(18-15-34)50(2,3)4/h17-28,34,36,38,44,48,53H,13-16,29-33,35,37H2,1-12H3,(H,62,72)(H,63,73)(H,64,68)(H,70,71);9-20,27,29,31,37,41,46H,6-8,21-26,28,30,51-53H2,1-5H3,(H,54,58)(H,60,61)/t38-,44-,48+,53+;31-,37-,41+,46+/m11/s1. The molecule has 8 aromatic rings. The van der Waals surface area contributed by atoms with Crippen molar-refractivity contribution in [3.8, 4) is 67.5 Å². The van der Waals surface area contributed by atoms with Crippen LogP contribution in [-0.2, 0) is 71.5 Å². The Morgan fingerprint density at radius 1 is 0.414 bits per heavy atom. The van der Waals surface area contributed by atoms with Crippen molar-refractivity contribution in [2.45, 2.75) is 234 Å². The highest BCUT2D eigenvalue weighted by Crippen LogP contribution is 2.45. The van der Waals surface area contributed by atoms with Gasteiger partial charge < -0.3 is 86.9 Å². The first kappa shape index (κ1) is 111. The van der Waals surface area contributed by atoms with Crippen LogP contribution < -0.4 is 57.4 Å². The van der Waals surface area contributed by atoms with Crippen molar-refractivity contribution in [1.29, 1.82) is 0 Å². The molecular weight excluding hydrogens is 1780 g/mol. The smallest absolute Gasteiger partial charge is 0.407 e. The lowest BCUT2D eigenvalue weighted by Gasteiger charge is -2.32. The van der Waals surface area contributed by atoms with Gasteiger partial charge in [0.2, 0.25) is 23.6 Å². The molecule has 0 unspecified atom stereocenters. The minimum atomic E-state index is -1.36. The maximum atomic E-state index is 15.2. The van der Waals surface area contributed by atoms with Crippen molar-refractivity contribution in [2.24, 2.45) is 40.9 Å². The number of rotatable bonds is 36.